The van der Waals surface area contributed by atoms with E-state index in [-0.39, 0.29) is 37.9 Å². The fourth-order valence-electron chi connectivity index (χ4n) is 3.38. The average molecular weight is 342 g/mol. The number of carbonyl (C=O) groups is 1. The van der Waals surface area contributed by atoms with Crippen LogP contribution in [0, 0.1) is 5.92 Å². The number of nitrogens with zero attached hydrogens (tertiary/aromatic N) is 2. The fraction of sp³-hybridized carbons (Fsp3) is 0.647. The van der Waals surface area contributed by atoms with E-state index in [0.717, 1.165) is 25.7 Å². The highest BCUT2D eigenvalue weighted by Crippen LogP contribution is 2.34. The Kier molecular flexibility index (Phi) is 4.96. The number of aromatic nitrogens is 1. The van der Waals surface area contributed by atoms with E-state index in [0.29, 0.717) is 11.4 Å². The topological polar surface area (TPSA) is 42.4 Å². The molecule has 4 nitrogen and oxygen atoms in total. The van der Waals surface area contributed by atoms with Gasteiger partial charge < -0.3 is 9.64 Å². The van der Waals surface area contributed by atoms with Crippen molar-refractivity contribution in [3.8, 4) is 5.88 Å². The molecule has 7 heteroatoms. The minimum atomic E-state index is -4.17. The molecule has 0 bridgehead atoms. The van der Waals surface area contributed by atoms with Crippen LogP contribution < -0.4 is 4.74 Å². The zero-order chi connectivity index (χ0) is 17.2. The zero-order valence-electron chi connectivity index (χ0n) is 13.4. The summed E-state index contributed by atoms with van der Waals surface area (Å²) in [6, 6.07) is 3.18. The van der Waals surface area contributed by atoms with Crippen LogP contribution in [0.4, 0.5) is 13.2 Å². The first-order chi connectivity index (χ1) is 11.4. The Morgan fingerprint density at radius 2 is 1.83 bits per heavy atom. The summed E-state index contributed by atoms with van der Waals surface area (Å²) in [5.74, 6) is -1.15. The van der Waals surface area contributed by atoms with E-state index < -0.39 is 12.1 Å². The predicted octanol–water partition coefficient (Wildman–Crippen LogP) is 3.82. The molecule has 0 atom stereocenters. The van der Waals surface area contributed by atoms with Gasteiger partial charge in [0, 0.05) is 30.9 Å². The van der Waals surface area contributed by atoms with E-state index in [1.807, 2.05) is 0 Å². The van der Waals surface area contributed by atoms with Crippen LogP contribution >= 0.6 is 0 Å². The molecule has 1 aromatic heterocycles. The number of alkyl halides is 3. The maximum absolute atomic E-state index is 12.7. The minimum Gasteiger partial charge on any atom is -0.474 e. The van der Waals surface area contributed by atoms with Gasteiger partial charge in [-0.2, -0.15) is 13.2 Å². The first-order valence-electron chi connectivity index (χ1n) is 8.42. The first-order valence-corrected chi connectivity index (χ1v) is 8.42. The van der Waals surface area contributed by atoms with Crippen molar-refractivity contribution in [1.82, 2.24) is 9.88 Å². The number of ether oxygens (including phenoxy) is 1. The van der Waals surface area contributed by atoms with Crippen LogP contribution in [0.25, 0.3) is 0 Å². The van der Waals surface area contributed by atoms with Gasteiger partial charge in [-0.1, -0.05) is 0 Å². The second-order valence-corrected chi connectivity index (χ2v) is 6.52. The lowest BCUT2D eigenvalue weighted by atomic mass is 9.96. The van der Waals surface area contributed by atoms with E-state index in [9.17, 15) is 18.0 Å². The molecule has 1 aliphatic carbocycles. The van der Waals surface area contributed by atoms with Crippen LogP contribution in [0.1, 0.15) is 48.9 Å². The second-order valence-electron chi connectivity index (χ2n) is 6.52. The molecule has 3 rings (SSSR count). The summed E-state index contributed by atoms with van der Waals surface area (Å²) >= 11 is 0. The molecule has 0 spiro atoms. The number of piperidine rings is 1. The van der Waals surface area contributed by atoms with E-state index >= 15 is 0 Å². The molecule has 1 aromatic rings. The summed E-state index contributed by atoms with van der Waals surface area (Å²) in [5.41, 5.74) is 0.420. The van der Waals surface area contributed by atoms with Crippen LogP contribution in [0.3, 0.4) is 0 Å². The average Bonchev–Trinajstić information content (AvgIpc) is 3.07. The van der Waals surface area contributed by atoms with Crippen molar-refractivity contribution in [1.29, 1.82) is 0 Å². The fourth-order valence-corrected chi connectivity index (χ4v) is 3.38. The van der Waals surface area contributed by atoms with Crippen LogP contribution in [-0.2, 0) is 0 Å². The lowest BCUT2D eigenvalue weighted by Crippen LogP contribution is -2.42. The Balaban J connectivity index is 1.61. The maximum Gasteiger partial charge on any atom is 0.391 e. The predicted molar refractivity (Wildman–Crippen MR) is 81.8 cm³/mol. The van der Waals surface area contributed by atoms with Gasteiger partial charge in [-0.05, 0) is 44.6 Å². The summed E-state index contributed by atoms with van der Waals surface area (Å²) in [4.78, 5) is 18.1. The number of hydrogen-bond acceptors (Lipinski definition) is 3. The standard InChI is InChI=1S/C17H21F3N2O2/c18-17(19,20)13-6-9-22(10-7-13)16(23)12-5-8-21-15(11-12)24-14-3-1-2-4-14/h5,8,11,13-14H,1-4,6-7,9-10H2. The Labute approximate surface area is 139 Å². The Hall–Kier alpha value is -1.79. The van der Waals surface area contributed by atoms with Crippen molar-refractivity contribution in [3.05, 3.63) is 23.9 Å². The van der Waals surface area contributed by atoms with Gasteiger partial charge in [0.15, 0.2) is 0 Å². The van der Waals surface area contributed by atoms with Crippen LogP contribution in [0.2, 0.25) is 0 Å². The van der Waals surface area contributed by atoms with Crippen molar-refractivity contribution >= 4 is 5.91 Å². The molecule has 1 amide bonds. The Morgan fingerprint density at radius 3 is 2.46 bits per heavy atom. The summed E-state index contributed by atoms with van der Waals surface area (Å²) in [7, 11) is 0. The third-order valence-electron chi connectivity index (χ3n) is 4.82. The summed E-state index contributed by atoms with van der Waals surface area (Å²) < 4.78 is 43.9. The highest BCUT2D eigenvalue weighted by atomic mass is 19.4. The quantitative estimate of drug-likeness (QED) is 0.839. The molecule has 132 valence electrons. The molecule has 1 saturated carbocycles. The third kappa shape index (κ3) is 3.99. The van der Waals surface area contributed by atoms with Gasteiger partial charge in [0.25, 0.3) is 5.91 Å². The van der Waals surface area contributed by atoms with E-state index in [2.05, 4.69) is 4.98 Å². The van der Waals surface area contributed by atoms with E-state index in [4.69, 9.17) is 4.74 Å². The third-order valence-corrected chi connectivity index (χ3v) is 4.82. The molecular formula is C17H21F3N2O2. The smallest absolute Gasteiger partial charge is 0.391 e. The number of pyridine rings is 1. The normalized spacial score (nSPS) is 20.4. The van der Waals surface area contributed by atoms with Gasteiger partial charge in [-0.25, -0.2) is 4.98 Å². The molecule has 24 heavy (non-hydrogen) atoms. The zero-order valence-corrected chi connectivity index (χ0v) is 13.4. The van der Waals surface area contributed by atoms with Crippen molar-refractivity contribution in [2.75, 3.05) is 13.1 Å². The molecule has 2 aliphatic rings. The van der Waals surface area contributed by atoms with Gasteiger partial charge in [-0.15, -0.1) is 0 Å². The highest BCUT2D eigenvalue weighted by molar-refractivity contribution is 5.94. The number of hydrogen-bond donors (Lipinski definition) is 0. The highest BCUT2D eigenvalue weighted by Gasteiger charge is 2.41. The van der Waals surface area contributed by atoms with Crippen LogP contribution in [0.15, 0.2) is 18.3 Å². The monoisotopic (exact) mass is 342 g/mol. The largest absolute Gasteiger partial charge is 0.474 e. The molecule has 0 N–H and O–H groups in total. The van der Waals surface area contributed by atoms with Gasteiger partial charge in [0.1, 0.15) is 6.10 Å². The van der Waals surface area contributed by atoms with Crippen molar-refractivity contribution in [2.24, 2.45) is 5.92 Å². The van der Waals surface area contributed by atoms with Gasteiger partial charge >= 0.3 is 6.18 Å². The molecule has 0 unspecified atom stereocenters. The summed E-state index contributed by atoms with van der Waals surface area (Å²) in [5, 5.41) is 0. The molecule has 0 aromatic carbocycles. The number of carbonyl (C=O) groups excluding carboxylic acids is 1. The number of amides is 1. The molecule has 1 aliphatic heterocycles. The van der Waals surface area contributed by atoms with Crippen molar-refractivity contribution < 1.29 is 22.7 Å². The van der Waals surface area contributed by atoms with Gasteiger partial charge in [0.2, 0.25) is 5.88 Å². The molecule has 1 saturated heterocycles. The lowest BCUT2D eigenvalue weighted by molar-refractivity contribution is -0.183. The van der Waals surface area contributed by atoms with Crippen LogP contribution in [-0.4, -0.2) is 41.2 Å². The van der Waals surface area contributed by atoms with E-state index in [1.165, 1.54) is 11.1 Å². The first kappa shape index (κ1) is 17.0. The van der Waals surface area contributed by atoms with Crippen LogP contribution in [0.5, 0.6) is 5.88 Å². The molecule has 2 heterocycles. The second kappa shape index (κ2) is 6.99. The minimum absolute atomic E-state index is 0.0360. The maximum atomic E-state index is 12.7. The van der Waals surface area contributed by atoms with Gasteiger partial charge in [0.05, 0.1) is 5.92 Å². The number of halogens is 3. The Morgan fingerprint density at radius 1 is 1.17 bits per heavy atom. The number of rotatable bonds is 3. The van der Waals surface area contributed by atoms with Crippen molar-refractivity contribution in [3.63, 3.8) is 0 Å². The summed E-state index contributed by atoms with van der Waals surface area (Å²) in [6.07, 6.45) is 1.67. The molecule has 2 fully saturated rings. The van der Waals surface area contributed by atoms with Crippen molar-refractivity contribution in [2.45, 2.75) is 50.8 Å². The molecular weight excluding hydrogens is 321 g/mol. The summed E-state index contributed by atoms with van der Waals surface area (Å²) in [6.45, 7) is 0.258. The SMILES string of the molecule is O=C(c1ccnc(OC2CCCC2)c1)N1CCC(C(F)(F)F)CC1. The molecule has 0 radical (unpaired) electrons. The Bertz CT molecular complexity index is 577. The van der Waals surface area contributed by atoms with Gasteiger partial charge in [-0.3, -0.25) is 4.79 Å². The van der Waals surface area contributed by atoms with E-state index in [1.54, 1.807) is 12.1 Å². The lowest BCUT2D eigenvalue weighted by Gasteiger charge is -2.33. The number of likely N-dealkylation sites (tertiary alicyclic amines) is 1.